The van der Waals surface area contributed by atoms with Gasteiger partial charge in [0.05, 0.1) is 27.5 Å². The van der Waals surface area contributed by atoms with Crippen molar-refractivity contribution in [3.63, 3.8) is 0 Å². The zero-order valence-electron chi connectivity index (χ0n) is 18.9. The summed E-state index contributed by atoms with van der Waals surface area (Å²) < 4.78 is 50.9. The molecule has 34 heavy (non-hydrogen) atoms. The standard InChI is InChI=1S/C23H26N4O5S2/c1-17-15-26(16-23(28)25-22-7-3-6-21-20(22)5-4-12-24-21)13-14-27(17)34(31,32)19-10-8-18(9-11-19)33(2,29)30/h3-12,17H,13-16H2,1-2H3,(H,25,28)/t17-/m1/s1. The fourth-order valence-corrected chi connectivity index (χ4v) is 6.36. The minimum atomic E-state index is -3.79. The number of anilines is 1. The van der Waals surface area contributed by atoms with Gasteiger partial charge in [0, 0.05) is 43.5 Å². The molecule has 1 atom stereocenters. The van der Waals surface area contributed by atoms with Gasteiger partial charge in [0.15, 0.2) is 9.84 Å². The van der Waals surface area contributed by atoms with Crippen LogP contribution in [0.5, 0.6) is 0 Å². The average Bonchev–Trinajstić information content (AvgIpc) is 2.79. The second-order valence-corrected chi connectivity index (χ2v) is 12.3. The Kier molecular flexibility index (Phi) is 6.72. The zero-order valence-corrected chi connectivity index (χ0v) is 20.5. The van der Waals surface area contributed by atoms with Gasteiger partial charge in [-0.05, 0) is 55.5 Å². The lowest BCUT2D eigenvalue weighted by Crippen LogP contribution is -2.55. The number of aromatic nitrogens is 1. The second kappa shape index (κ2) is 9.41. The van der Waals surface area contributed by atoms with E-state index in [-0.39, 0.29) is 34.8 Å². The lowest BCUT2D eigenvalue weighted by molar-refractivity contribution is -0.117. The molecule has 0 spiro atoms. The number of sulfone groups is 1. The van der Waals surface area contributed by atoms with E-state index < -0.39 is 19.9 Å². The van der Waals surface area contributed by atoms with Crippen LogP contribution in [0, 0.1) is 0 Å². The number of amides is 1. The Balaban J connectivity index is 1.40. The first kappa shape index (κ1) is 24.3. The van der Waals surface area contributed by atoms with Gasteiger partial charge in [0.1, 0.15) is 0 Å². The summed E-state index contributed by atoms with van der Waals surface area (Å²) in [4.78, 5) is 19.0. The maximum atomic E-state index is 13.1. The Morgan fingerprint density at radius 3 is 2.38 bits per heavy atom. The maximum Gasteiger partial charge on any atom is 0.243 e. The van der Waals surface area contributed by atoms with Crippen molar-refractivity contribution in [1.82, 2.24) is 14.2 Å². The third-order valence-corrected chi connectivity index (χ3v) is 8.95. The summed E-state index contributed by atoms with van der Waals surface area (Å²) in [7, 11) is -7.20. The van der Waals surface area contributed by atoms with Gasteiger partial charge < -0.3 is 5.32 Å². The molecule has 0 saturated carbocycles. The van der Waals surface area contributed by atoms with Gasteiger partial charge >= 0.3 is 0 Å². The molecule has 0 radical (unpaired) electrons. The monoisotopic (exact) mass is 502 g/mol. The molecule has 3 aromatic rings. The molecular formula is C23H26N4O5S2. The molecule has 1 N–H and O–H groups in total. The molecule has 1 aliphatic heterocycles. The molecule has 180 valence electrons. The van der Waals surface area contributed by atoms with Crippen molar-refractivity contribution >= 4 is 42.4 Å². The summed E-state index contributed by atoms with van der Waals surface area (Å²) in [6.45, 7) is 2.95. The minimum Gasteiger partial charge on any atom is -0.324 e. The van der Waals surface area contributed by atoms with Crippen LogP contribution in [0.4, 0.5) is 5.69 Å². The first-order valence-corrected chi connectivity index (χ1v) is 14.1. The Morgan fingerprint density at radius 1 is 1.00 bits per heavy atom. The van der Waals surface area contributed by atoms with Crippen LogP contribution in [0.15, 0.2) is 70.6 Å². The van der Waals surface area contributed by atoms with Gasteiger partial charge in [-0.1, -0.05) is 6.07 Å². The molecule has 1 amide bonds. The number of sulfonamides is 1. The highest BCUT2D eigenvalue weighted by Gasteiger charge is 2.34. The molecule has 1 saturated heterocycles. The van der Waals surface area contributed by atoms with Crippen LogP contribution in [-0.2, 0) is 24.7 Å². The van der Waals surface area contributed by atoms with Gasteiger partial charge in [-0.15, -0.1) is 0 Å². The lowest BCUT2D eigenvalue weighted by atomic mass is 10.2. The molecule has 2 heterocycles. The number of hydrogen-bond acceptors (Lipinski definition) is 7. The second-order valence-electron chi connectivity index (χ2n) is 8.37. The van der Waals surface area contributed by atoms with Crippen molar-refractivity contribution in [3.05, 3.63) is 60.8 Å². The topological polar surface area (TPSA) is 117 Å². The van der Waals surface area contributed by atoms with Crippen molar-refractivity contribution in [1.29, 1.82) is 0 Å². The fourth-order valence-electron chi connectivity index (χ4n) is 4.12. The first-order valence-electron chi connectivity index (χ1n) is 10.7. The molecule has 4 rings (SSSR count). The number of carbonyl (C=O) groups is 1. The van der Waals surface area contributed by atoms with E-state index in [0.717, 1.165) is 17.2 Å². The summed E-state index contributed by atoms with van der Waals surface area (Å²) in [5, 5.41) is 3.78. The number of piperazine rings is 1. The summed E-state index contributed by atoms with van der Waals surface area (Å²) >= 11 is 0. The third kappa shape index (κ3) is 5.12. The third-order valence-electron chi connectivity index (χ3n) is 5.80. The van der Waals surface area contributed by atoms with E-state index in [4.69, 9.17) is 0 Å². The largest absolute Gasteiger partial charge is 0.324 e. The van der Waals surface area contributed by atoms with E-state index >= 15 is 0 Å². The predicted octanol–water partition coefficient (Wildman–Crippen LogP) is 1.97. The van der Waals surface area contributed by atoms with E-state index in [1.165, 1.54) is 28.6 Å². The van der Waals surface area contributed by atoms with Gasteiger partial charge in [-0.2, -0.15) is 4.31 Å². The van der Waals surface area contributed by atoms with E-state index in [9.17, 15) is 21.6 Å². The summed E-state index contributed by atoms with van der Waals surface area (Å²) in [5.74, 6) is -0.184. The number of nitrogens with one attached hydrogen (secondary N) is 1. The van der Waals surface area contributed by atoms with Crippen LogP contribution >= 0.6 is 0 Å². The molecule has 9 nitrogen and oxygen atoms in total. The van der Waals surface area contributed by atoms with Gasteiger partial charge in [0.2, 0.25) is 15.9 Å². The van der Waals surface area contributed by atoms with Crippen LogP contribution in [-0.4, -0.2) is 75.4 Å². The van der Waals surface area contributed by atoms with Crippen LogP contribution in [0.25, 0.3) is 10.9 Å². The molecule has 11 heteroatoms. The number of fused-ring (bicyclic) bond motifs is 1. The van der Waals surface area contributed by atoms with Crippen molar-refractivity contribution in [2.24, 2.45) is 0 Å². The molecule has 1 fully saturated rings. The number of nitrogens with zero attached hydrogens (tertiary/aromatic N) is 3. The van der Waals surface area contributed by atoms with Gasteiger partial charge in [-0.3, -0.25) is 14.7 Å². The average molecular weight is 503 g/mol. The van der Waals surface area contributed by atoms with Crippen LogP contribution in [0.3, 0.4) is 0 Å². The Bertz CT molecular complexity index is 1420. The lowest BCUT2D eigenvalue weighted by Gasteiger charge is -2.38. The normalized spacial score (nSPS) is 18.1. The number of hydrogen-bond donors (Lipinski definition) is 1. The van der Waals surface area contributed by atoms with Crippen molar-refractivity contribution < 1.29 is 21.6 Å². The summed E-state index contributed by atoms with van der Waals surface area (Å²) in [5.41, 5.74) is 1.47. The fraction of sp³-hybridized carbons (Fsp3) is 0.304. The first-order chi connectivity index (χ1) is 16.1. The SMILES string of the molecule is C[C@@H]1CN(CC(=O)Nc2cccc3ncccc23)CCN1S(=O)(=O)c1ccc(S(C)(=O)=O)cc1. The zero-order chi connectivity index (χ0) is 24.5. The van der Waals surface area contributed by atoms with E-state index in [2.05, 4.69) is 10.3 Å². The number of benzene rings is 2. The number of carbonyl (C=O) groups excluding carboxylic acids is 1. The molecule has 0 bridgehead atoms. The van der Waals surface area contributed by atoms with Crippen LogP contribution in [0.2, 0.25) is 0 Å². The van der Waals surface area contributed by atoms with Gasteiger partial charge in [0.25, 0.3) is 0 Å². The van der Waals surface area contributed by atoms with E-state index in [1.807, 2.05) is 35.2 Å². The van der Waals surface area contributed by atoms with Crippen molar-refractivity contribution in [3.8, 4) is 0 Å². The van der Waals surface area contributed by atoms with E-state index in [0.29, 0.717) is 18.8 Å². The smallest absolute Gasteiger partial charge is 0.243 e. The van der Waals surface area contributed by atoms with Crippen molar-refractivity contribution in [2.75, 3.05) is 37.8 Å². The Morgan fingerprint density at radius 2 is 1.71 bits per heavy atom. The predicted molar refractivity (Wildman–Crippen MR) is 130 cm³/mol. The highest BCUT2D eigenvalue weighted by atomic mass is 32.2. The van der Waals surface area contributed by atoms with Crippen LogP contribution in [0.1, 0.15) is 6.92 Å². The van der Waals surface area contributed by atoms with Gasteiger partial charge in [-0.25, -0.2) is 16.8 Å². The molecular weight excluding hydrogens is 476 g/mol. The molecule has 0 unspecified atom stereocenters. The quantitative estimate of drug-likeness (QED) is 0.548. The highest BCUT2D eigenvalue weighted by molar-refractivity contribution is 7.90. The van der Waals surface area contributed by atoms with Crippen molar-refractivity contribution in [2.45, 2.75) is 22.8 Å². The Hall–Kier alpha value is -2.86. The molecule has 2 aromatic carbocycles. The molecule has 0 aliphatic carbocycles. The number of pyridine rings is 1. The summed E-state index contributed by atoms with van der Waals surface area (Å²) in [6, 6.07) is 14.1. The minimum absolute atomic E-state index is 0.0440. The highest BCUT2D eigenvalue weighted by Crippen LogP contribution is 2.24. The van der Waals surface area contributed by atoms with Crippen LogP contribution < -0.4 is 5.32 Å². The molecule has 1 aromatic heterocycles. The Labute approximate surface area is 199 Å². The molecule has 1 aliphatic rings. The maximum absolute atomic E-state index is 13.1. The number of rotatable bonds is 6. The van der Waals surface area contributed by atoms with E-state index in [1.54, 1.807) is 13.1 Å². The summed E-state index contributed by atoms with van der Waals surface area (Å²) in [6.07, 6.45) is 2.77.